The van der Waals surface area contributed by atoms with Crippen LogP contribution in [0.3, 0.4) is 0 Å². The first-order chi connectivity index (χ1) is 11.8. The van der Waals surface area contributed by atoms with E-state index in [9.17, 15) is 0 Å². The van der Waals surface area contributed by atoms with E-state index in [1.807, 2.05) is 11.3 Å². The van der Waals surface area contributed by atoms with Gasteiger partial charge in [0.25, 0.3) is 0 Å². The van der Waals surface area contributed by atoms with E-state index >= 15 is 0 Å². The quantitative estimate of drug-likeness (QED) is 0.369. The molecule has 0 aliphatic rings. The number of imidazole rings is 2. The first-order valence-electron chi connectivity index (χ1n) is 7.98. The highest BCUT2D eigenvalue weighted by molar-refractivity contribution is 7.25. The Kier molecular flexibility index (Phi) is 2.18. The molecule has 3 nitrogen and oxygen atoms in total. The molecule has 3 aromatic carbocycles. The number of aromatic nitrogens is 3. The van der Waals surface area contributed by atoms with Crippen molar-refractivity contribution in [2.75, 3.05) is 0 Å². The third-order valence-electron chi connectivity index (χ3n) is 4.92. The Morgan fingerprint density at radius 2 is 1.58 bits per heavy atom. The molecule has 0 aliphatic carbocycles. The van der Waals surface area contributed by atoms with Crippen molar-refractivity contribution in [3.8, 4) is 0 Å². The second kappa shape index (κ2) is 4.16. The number of benzene rings is 3. The van der Waals surface area contributed by atoms with E-state index in [-0.39, 0.29) is 0 Å². The zero-order chi connectivity index (χ0) is 15.8. The van der Waals surface area contributed by atoms with Gasteiger partial charge in [0.2, 0.25) is 5.78 Å². The zero-order valence-corrected chi connectivity index (χ0v) is 13.8. The highest BCUT2D eigenvalue weighted by Crippen LogP contribution is 2.37. The smallest absolute Gasteiger partial charge is 0.215 e. The van der Waals surface area contributed by atoms with Crippen molar-refractivity contribution >= 4 is 59.4 Å². The summed E-state index contributed by atoms with van der Waals surface area (Å²) >= 11 is 1.84. The summed E-state index contributed by atoms with van der Waals surface area (Å²) in [6.45, 7) is 0. The average molecular weight is 327 g/mol. The lowest BCUT2D eigenvalue weighted by atomic mass is 10.1. The molecule has 0 atom stereocenters. The van der Waals surface area contributed by atoms with Crippen LogP contribution in [0.25, 0.3) is 48.0 Å². The summed E-state index contributed by atoms with van der Waals surface area (Å²) in [6.07, 6.45) is 0. The number of hydrogen-bond donors (Lipinski definition) is 0. The molecule has 0 spiro atoms. The molecule has 114 valence electrons. The van der Waals surface area contributed by atoms with Crippen molar-refractivity contribution in [3.05, 3.63) is 60.7 Å². The summed E-state index contributed by atoms with van der Waals surface area (Å²) in [5.74, 6) is 0.994. The summed E-state index contributed by atoms with van der Waals surface area (Å²) in [5, 5.41) is 2.65. The predicted octanol–water partition coefficient (Wildman–Crippen LogP) is 5.35. The van der Waals surface area contributed by atoms with E-state index in [1.54, 1.807) is 0 Å². The molecule has 0 saturated heterocycles. The minimum absolute atomic E-state index is 0.994. The van der Waals surface area contributed by atoms with Gasteiger partial charge in [-0.1, -0.05) is 30.3 Å². The lowest BCUT2D eigenvalue weighted by molar-refractivity contribution is 0.974. The lowest BCUT2D eigenvalue weighted by Gasteiger charge is -1.96. The fraction of sp³-hybridized carbons (Fsp3) is 0.0500. The van der Waals surface area contributed by atoms with Crippen LogP contribution in [0.15, 0.2) is 60.7 Å². The summed E-state index contributed by atoms with van der Waals surface area (Å²) < 4.78 is 7.08. The molecular weight excluding hydrogens is 314 g/mol. The van der Waals surface area contributed by atoms with Crippen LogP contribution in [-0.4, -0.2) is 14.0 Å². The molecule has 6 aromatic rings. The first-order valence-corrected chi connectivity index (χ1v) is 8.80. The van der Waals surface area contributed by atoms with Crippen molar-refractivity contribution in [2.24, 2.45) is 7.05 Å². The van der Waals surface area contributed by atoms with E-state index in [0.29, 0.717) is 0 Å². The van der Waals surface area contributed by atoms with Crippen molar-refractivity contribution in [3.63, 3.8) is 0 Å². The van der Waals surface area contributed by atoms with Crippen molar-refractivity contribution in [1.82, 2.24) is 14.0 Å². The number of nitrogens with zero attached hydrogens (tertiary/aromatic N) is 3. The molecule has 0 radical (unpaired) electrons. The Balaban J connectivity index is 1.89. The summed E-state index contributed by atoms with van der Waals surface area (Å²) in [7, 11) is 2.08. The van der Waals surface area contributed by atoms with Gasteiger partial charge in [-0.25, -0.2) is 4.98 Å². The van der Waals surface area contributed by atoms with Gasteiger partial charge in [0, 0.05) is 27.2 Å². The zero-order valence-electron chi connectivity index (χ0n) is 13.0. The Labute approximate surface area is 141 Å². The van der Waals surface area contributed by atoms with Crippen molar-refractivity contribution in [1.29, 1.82) is 0 Å². The van der Waals surface area contributed by atoms with Crippen LogP contribution in [0.2, 0.25) is 0 Å². The molecule has 0 fully saturated rings. The van der Waals surface area contributed by atoms with Gasteiger partial charge in [0.05, 0.1) is 22.1 Å². The minimum atomic E-state index is 0.994. The summed E-state index contributed by atoms with van der Waals surface area (Å²) in [4.78, 5) is 4.90. The molecule has 0 aliphatic heterocycles. The van der Waals surface area contributed by atoms with Gasteiger partial charge in [-0.15, -0.1) is 11.3 Å². The van der Waals surface area contributed by atoms with Crippen LogP contribution in [0.4, 0.5) is 0 Å². The molecule has 6 rings (SSSR count). The number of fused-ring (bicyclic) bond motifs is 8. The van der Waals surface area contributed by atoms with Crippen LogP contribution in [-0.2, 0) is 7.05 Å². The molecule has 0 bridgehead atoms. The SMILES string of the molecule is Cn1c2ccccc2n2c3cc4c(cc3nc12)sc1ccccc14. The molecule has 3 heterocycles. The van der Waals surface area contributed by atoms with Crippen LogP contribution in [0.5, 0.6) is 0 Å². The van der Waals surface area contributed by atoms with E-state index in [4.69, 9.17) is 4.98 Å². The molecule has 0 N–H and O–H groups in total. The maximum Gasteiger partial charge on any atom is 0.215 e. The van der Waals surface area contributed by atoms with E-state index in [2.05, 4.69) is 76.7 Å². The van der Waals surface area contributed by atoms with Gasteiger partial charge in [-0.05, 0) is 30.3 Å². The first kappa shape index (κ1) is 12.6. The van der Waals surface area contributed by atoms with Gasteiger partial charge in [-0.2, -0.15) is 0 Å². The number of thiophene rings is 1. The Hall–Kier alpha value is -2.85. The van der Waals surface area contributed by atoms with Gasteiger partial charge in [0.1, 0.15) is 0 Å². The van der Waals surface area contributed by atoms with Crippen LogP contribution < -0.4 is 0 Å². The van der Waals surface area contributed by atoms with Crippen molar-refractivity contribution < 1.29 is 0 Å². The number of hydrogen-bond acceptors (Lipinski definition) is 2. The third-order valence-corrected chi connectivity index (χ3v) is 6.05. The minimum Gasteiger partial charge on any atom is -0.313 e. The maximum absolute atomic E-state index is 4.90. The molecule has 0 saturated carbocycles. The Morgan fingerprint density at radius 3 is 2.50 bits per heavy atom. The second-order valence-corrected chi connectivity index (χ2v) is 7.31. The normalized spacial score (nSPS) is 12.4. The van der Waals surface area contributed by atoms with Gasteiger partial charge >= 0.3 is 0 Å². The molecule has 0 amide bonds. The third kappa shape index (κ3) is 1.40. The van der Waals surface area contributed by atoms with Crippen LogP contribution >= 0.6 is 11.3 Å². The van der Waals surface area contributed by atoms with Crippen molar-refractivity contribution in [2.45, 2.75) is 0 Å². The lowest BCUT2D eigenvalue weighted by Crippen LogP contribution is -1.87. The number of aryl methyl sites for hydroxylation is 1. The fourth-order valence-corrected chi connectivity index (χ4v) is 4.91. The Bertz CT molecular complexity index is 1410. The largest absolute Gasteiger partial charge is 0.313 e. The summed E-state index contributed by atoms with van der Waals surface area (Å²) in [6, 6.07) is 21.6. The molecule has 3 aromatic heterocycles. The number of rotatable bonds is 0. The molecule has 0 unspecified atom stereocenters. The second-order valence-electron chi connectivity index (χ2n) is 6.23. The van der Waals surface area contributed by atoms with Gasteiger partial charge in [-0.3, -0.25) is 4.40 Å². The Morgan fingerprint density at radius 1 is 0.792 bits per heavy atom. The van der Waals surface area contributed by atoms with Gasteiger partial charge < -0.3 is 4.57 Å². The molecule has 24 heavy (non-hydrogen) atoms. The molecular formula is C20H13N3S. The van der Waals surface area contributed by atoms with Gasteiger partial charge in [0.15, 0.2) is 0 Å². The number of para-hydroxylation sites is 2. The fourth-order valence-electron chi connectivity index (χ4n) is 3.79. The highest BCUT2D eigenvalue weighted by atomic mass is 32.1. The van der Waals surface area contributed by atoms with E-state index in [1.165, 1.54) is 36.7 Å². The topological polar surface area (TPSA) is 22.2 Å². The van der Waals surface area contributed by atoms with E-state index in [0.717, 1.165) is 11.3 Å². The maximum atomic E-state index is 4.90. The predicted molar refractivity (Wildman–Crippen MR) is 102 cm³/mol. The van der Waals surface area contributed by atoms with E-state index < -0.39 is 0 Å². The summed E-state index contributed by atoms with van der Waals surface area (Å²) in [5.41, 5.74) is 4.65. The average Bonchev–Trinajstić information content (AvgIpc) is 3.24. The monoisotopic (exact) mass is 327 g/mol. The van der Waals surface area contributed by atoms with Crippen LogP contribution in [0, 0.1) is 0 Å². The highest BCUT2D eigenvalue weighted by Gasteiger charge is 2.15. The molecule has 4 heteroatoms. The van der Waals surface area contributed by atoms with Crippen LogP contribution in [0.1, 0.15) is 0 Å². The standard InChI is InChI=1S/C20H13N3S/c1-22-15-7-3-4-8-16(15)23-17-10-13-12-6-2-5-9-18(12)24-19(13)11-14(17)21-20(22)23/h2-11H,1H3.